The van der Waals surface area contributed by atoms with Gasteiger partial charge in [-0.3, -0.25) is 4.98 Å². The van der Waals surface area contributed by atoms with Crippen LogP contribution < -0.4 is 0 Å². The van der Waals surface area contributed by atoms with Gasteiger partial charge in [-0.15, -0.1) is 0 Å². The van der Waals surface area contributed by atoms with Crippen LogP contribution in [-0.4, -0.2) is 4.98 Å². The maximum Gasteiger partial charge on any atom is 0.0468 e. The Kier molecular flexibility index (Phi) is 10.9. The molecule has 1 nitrogen and oxygen atoms in total. The molecule has 0 aliphatic rings. The van der Waals surface area contributed by atoms with Gasteiger partial charge in [0.2, 0.25) is 0 Å². The second kappa shape index (κ2) is 9.53. The van der Waals surface area contributed by atoms with Crippen LogP contribution >= 0.6 is 11.6 Å². The van der Waals surface area contributed by atoms with Gasteiger partial charge in [0.25, 0.3) is 0 Å². The topological polar surface area (TPSA) is 12.9 Å². The van der Waals surface area contributed by atoms with E-state index in [-0.39, 0.29) is 0 Å². The van der Waals surface area contributed by atoms with E-state index < -0.39 is 0 Å². The summed E-state index contributed by atoms with van der Waals surface area (Å²) in [6.45, 7) is 11.9. The second-order valence-corrected chi connectivity index (χ2v) is 2.41. The first-order chi connectivity index (χ1) is 6.22. The van der Waals surface area contributed by atoms with Crippen molar-refractivity contribution < 1.29 is 0 Å². The van der Waals surface area contributed by atoms with Gasteiger partial charge in [0.1, 0.15) is 0 Å². The van der Waals surface area contributed by atoms with Gasteiger partial charge in [-0.25, -0.2) is 0 Å². The molecule has 0 aliphatic heterocycles. The molecule has 0 N–H and O–H groups in total. The van der Waals surface area contributed by atoms with Gasteiger partial charge in [-0.05, 0) is 25.5 Å². The number of rotatable bonds is 0. The normalized spacial score (nSPS) is 7.62. The van der Waals surface area contributed by atoms with Crippen LogP contribution in [-0.2, 0) is 0 Å². The van der Waals surface area contributed by atoms with E-state index in [9.17, 15) is 0 Å². The van der Waals surface area contributed by atoms with Crippen molar-refractivity contribution in [2.75, 3.05) is 0 Å². The van der Waals surface area contributed by atoms with E-state index in [1.807, 2.05) is 41.5 Å². The molecule has 1 aromatic rings. The van der Waals surface area contributed by atoms with Gasteiger partial charge < -0.3 is 0 Å². The molecule has 0 saturated heterocycles. The third-order valence-electron chi connectivity index (χ3n) is 1.39. The van der Waals surface area contributed by atoms with Crippen molar-refractivity contribution in [1.29, 1.82) is 0 Å². The zero-order valence-electron chi connectivity index (χ0n) is 9.48. The van der Waals surface area contributed by atoms with E-state index in [0.29, 0.717) is 0 Å². The lowest BCUT2D eigenvalue weighted by Gasteiger charge is -1.97. The lowest BCUT2D eigenvalue weighted by molar-refractivity contribution is 1.15. The van der Waals surface area contributed by atoms with Crippen LogP contribution in [0.15, 0.2) is 12.3 Å². The number of hydrogen-bond donors (Lipinski definition) is 0. The van der Waals surface area contributed by atoms with E-state index in [1.54, 1.807) is 12.3 Å². The molecule has 0 saturated carbocycles. The molecule has 0 fully saturated rings. The van der Waals surface area contributed by atoms with E-state index in [0.717, 1.165) is 16.3 Å². The zero-order chi connectivity index (χ0) is 10.9. The molecule has 0 atom stereocenters. The second-order valence-electron chi connectivity index (χ2n) is 2.00. The summed E-state index contributed by atoms with van der Waals surface area (Å²) in [5.74, 6) is 0. The van der Waals surface area contributed by atoms with Crippen molar-refractivity contribution in [3.05, 3.63) is 28.5 Å². The highest BCUT2D eigenvalue weighted by Crippen LogP contribution is 2.14. The molecular formula is C11H20ClN. The number of aryl methyl sites for hydroxylation is 1. The number of halogens is 1. The summed E-state index contributed by atoms with van der Waals surface area (Å²) >= 11 is 5.77. The smallest absolute Gasteiger partial charge is 0.0468 e. The predicted octanol–water partition coefficient (Wildman–Crippen LogP) is 4.40. The molecule has 76 valence electrons. The summed E-state index contributed by atoms with van der Waals surface area (Å²) in [6.07, 6.45) is 1.71. The summed E-state index contributed by atoms with van der Waals surface area (Å²) in [5.41, 5.74) is 2.07. The molecule has 1 rings (SSSR count). The highest BCUT2D eigenvalue weighted by molar-refractivity contribution is 6.31. The molecule has 0 radical (unpaired) electrons. The molecule has 0 bridgehead atoms. The van der Waals surface area contributed by atoms with Crippen LogP contribution in [0.2, 0.25) is 5.02 Å². The fourth-order valence-electron chi connectivity index (χ4n) is 0.609. The average molecular weight is 202 g/mol. The third-order valence-corrected chi connectivity index (χ3v) is 1.80. The Hall–Kier alpha value is -0.560. The van der Waals surface area contributed by atoms with Crippen molar-refractivity contribution in [3.8, 4) is 0 Å². The Morgan fingerprint density at radius 3 is 1.85 bits per heavy atom. The van der Waals surface area contributed by atoms with E-state index in [4.69, 9.17) is 11.6 Å². The highest BCUT2D eigenvalue weighted by atomic mass is 35.5. The summed E-state index contributed by atoms with van der Waals surface area (Å²) in [4.78, 5) is 4.06. The lowest BCUT2D eigenvalue weighted by Crippen LogP contribution is -1.84. The number of aromatic nitrogens is 1. The summed E-state index contributed by atoms with van der Waals surface area (Å²) in [6, 6.07) is 1.80. The standard InChI is InChI=1S/C7H8ClN.2C2H6/c1-5-6(2)9-4-3-7(5)8;2*1-2/h3-4H,1-2H3;2*1-2H3. The first kappa shape index (κ1) is 14.9. The number of hydrogen-bond acceptors (Lipinski definition) is 1. The Morgan fingerprint density at radius 2 is 1.54 bits per heavy atom. The van der Waals surface area contributed by atoms with Crippen molar-refractivity contribution in [3.63, 3.8) is 0 Å². The van der Waals surface area contributed by atoms with E-state index >= 15 is 0 Å². The monoisotopic (exact) mass is 201 g/mol. The minimum atomic E-state index is 0.794. The first-order valence-electron chi connectivity index (χ1n) is 4.79. The largest absolute Gasteiger partial charge is 0.261 e. The summed E-state index contributed by atoms with van der Waals surface area (Å²) < 4.78 is 0. The van der Waals surface area contributed by atoms with Crippen LogP contribution in [0, 0.1) is 13.8 Å². The fourth-order valence-corrected chi connectivity index (χ4v) is 0.802. The van der Waals surface area contributed by atoms with Crippen LogP contribution in [0.3, 0.4) is 0 Å². The summed E-state index contributed by atoms with van der Waals surface area (Å²) in [7, 11) is 0. The maximum absolute atomic E-state index is 5.77. The fraction of sp³-hybridized carbons (Fsp3) is 0.545. The number of nitrogens with zero attached hydrogens (tertiary/aromatic N) is 1. The van der Waals surface area contributed by atoms with Crippen molar-refractivity contribution in [2.45, 2.75) is 41.5 Å². The van der Waals surface area contributed by atoms with Crippen LogP contribution in [0.5, 0.6) is 0 Å². The van der Waals surface area contributed by atoms with Crippen molar-refractivity contribution in [1.82, 2.24) is 4.98 Å². The maximum atomic E-state index is 5.77. The molecule has 0 aromatic carbocycles. The zero-order valence-corrected chi connectivity index (χ0v) is 10.2. The van der Waals surface area contributed by atoms with Crippen molar-refractivity contribution in [2.24, 2.45) is 0 Å². The quantitative estimate of drug-likeness (QED) is 0.606. The van der Waals surface area contributed by atoms with Crippen LogP contribution in [0.1, 0.15) is 39.0 Å². The molecule has 2 heteroatoms. The minimum Gasteiger partial charge on any atom is -0.261 e. The minimum absolute atomic E-state index is 0.794. The molecule has 0 spiro atoms. The van der Waals surface area contributed by atoms with Gasteiger partial charge in [-0.1, -0.05) is 39.3 Å². The van der Waals surface area contributed by atoms with Gasteiger partial charge in [-0.2, -0.15) is 0 Å². The Bertz CT molecular complexity index is 201. The SMILES string of the molecule is CC.CC.Cc1nccc(Cl)c1C. The Labute approximate surface area is 87.2 Å². The molecular weight excluding hydrogens is 182 g/mol. The molecule has 0 unspecified atom stereocenters. The molecule has 13 heavy (non-hydrogen) atoms. The molecule has 0 aliphatic carbocycles. The van der Waals surface area contributed by atoms with Gasteiger partial charge in [0, 0.05) is 16.9 Å². The van der Waals surface area contributed by atoms with E-state index in [2.05, 4.69) is 4.98 Å². The van der Waals surface area contributed by atoms with Gasteiger partial charge in [0.05, 0.1) is 0 Å². The molecule has 1 heterocycles. The Morgan fingerprint density at radius 1 is 1.08 bits per heavy atom. The van der Waals surface area contributed by atoms with E-state index in [1.165, 1.54) is 0 Å². The lowest BCUT2D eigenvalue weighted by atomic mass is 10.2. The number of pyridine rings is 1. The van der Waals surface area contributed by atoms with Crippen LogP contribution in [0.25, 0.3) is 0 Å². The molecule has 0 amide bonds. The van der Waals surface area contributed by atoms with Crippen LogP contribution in [0.4, 0.5) is 0 Å². The highest BCUT2D eigenvalue weighted by Gasteiger charge is 1.95. The van der Waals surface area contributed by atoms with Gasteiger partial charge in [0.15, 0.2) is 0 Å². The average Bonchev–Trinajstić information content (AvgIpc) is 2.20. The Balaban J connectivity index is 0. The summed E-state index contributed by atoms with van der Waals surface area (Å²) in [5, 5.41) is 0.794. The predicted molar refractivity (Wildman–Crippen MR) is 61.4 cm³/mol. The van der Waals surface area contributed by atoms with Crippen molar-refractivity contribution >= 4 is 11.6 Å². The molecule has 1 aromatic heterocycles. The first-order valence-corrected chi connectivity index (χ1v) is 5.17. The van der Waals surface area contributed by atoms with Gasteiger partial charge >= 0.3 is 0 Å². The third kappa shape index (κ3) is 5.64.